The molecule has 19 heavy (non-hydrogen) atoms. The van der Waals surface area contributed by atoms with Crippen LogP contribution in [0.4, 0.5) is 0 Å². The number of benzene rings is 1. The highest BCUT2D eigenvalue weighted by Gasteiger charge is 2.27. The van der Waals surface area contributed by atoms with E-state index in [0.29, 0.717) is 5.56 Å². The van der Waals surface area contributed by atoms with Gasteiger partial charge in [-0.2, -0.15) is 0 Å². The molecule has 5 heteroatoms. The molecule has 0 radical (unpaired) electrons. The van der Waals surface area contributed by atoms with E-state index in [-0.39, 0.29) is 23.3 Å². The fourth-order valence-electron chi connectivity index (χ4n) is 2.08. The summed E-state index contributed by atoms with van der Waals surface area (Å²) in [7, 11) is 0. The minimum atomic E-state index is -0.409. The van der Waals surface area contributed by atoms with Gasteiger partial charge in [0.05, 0.1) is 11.7 Å². The highest BCUT2D eigenvalue weighted by Crippen LogP contribution is 2.27. The number of hydrogen-bond donors (Lipinski definition) is 2. The van der Waals surface area contributed by atoms with Gasteiger partial charge in [0, 0.05) is 19.4 Å². The summed E-state index contributed by atoms with van der Waals surface area (Å²) in [6, 6.07) is 6.61. The van der Waals surface area contributed by atoms with Gasteiger partial charge in [0.15, 0.2) is 0 Å². The molecular weight excluding hydrogens is 244 g/mol. The van der Waals surface area contributed by atoms with Crippen molar-refractivity contribution in [1.82, 2.24) is 10.6 Å². The van der Waals surface area contributed by atoms with Crippen molar-refractivity contribution in [3.05, 3.63) is 47.2 Å². The summed E-state index contributed by atoms with van der Waals surface area (Å²) in [6.07, 6.45) is 1.56. The van der Waals surface area contributed by atoms with Crippen LogP contribution in [0.1, 0.15) is 35.8 Å². The van der Waals surface area contributed by atoms with Crippen LogP contribution in [-0.2, 0) is 9.59 Å². The van der Waals surface area contributed by atoms with E-state index < -0.39 is 6.04 Å². The first kappa shape index (κ1) is 13.0. The number of allylic oxidation sites excluding steroid dienone is 1. The summed E-state index contributed by atoms with van der Waals surface area (Å²) >= 11 is 0. The van der Waals surface area contributed by atoms with Gasteiger partial charge in [-0.15, -0.1) is 0 Å². The van der Waals surface area contributed by atoms with Crippen LogP contribution < -0.4 is 10.6 Å². The summed E-state index contributed by atoms with van der Waals surface area (Å²) in [5.74, 6) is -0.763. The zero-order chi connectivity index (χ0) is 14.0. The molecule has 1 unspecified atom stereocenters. The summed E-state index contributed by atoms with van der Waals surface area (Å²) in [5, 5.41) is 5.24. The number of hydrogen-bond acceptors (Lipinski definition) is 3. The van der Waals surface area contributed by atoms with E-state index in [1.807, 2.05) is 0 Å². The summed E-state index contributed by atoms with van der Waals surface area (Å²) < 4.78 is 0. The Morgan fingerprint density at radius 2 is 1.79 bits per heavy atom. The number of carbonyl (C=O) groups is 3. The Bertz CT molecular complexity index is 590. The van der Waals surface area contributed by atoms with Crippen molar-refractivity contribution in [1.29, 1.82) is 0 Å². The topological polar surface area (TPSA) is 75.3 Å². The highest BCUT2D eigenvalue weighted by molar-refractivity contribution is 6.12. The van der Waals surface area contributed by atoms with Crippen LogP contribution >= 0.6 is 0 Å². The summed E-state index contributed by atoms with van der Waals surface area (Å²) in [5.41, 5.74) is 1.43. The van der Waals surface area contributed by atoms with Gasteiger partial charge in [0.25, 0.3) is 0 Å². The highest BCUT2D eigenvalue weighted by atomic mass is 16.2. The molecule has 0 fully saturated rings. The van der Waals surface area contributed by atoms with E-state index in [1.54, 1.807) is 30.3 Å². The van der Waals surface area contributed by atoms with Crippen LogP contribution in [-0.4, -0.2) is 17.6 Å². The number of rotatable bonds is 2. The molecule has 5 nitrogen and oxygen atoms in total. The normalized spacial score (nSPS) is 17.3. The van der Waals surface area contributed by atoms with Crippen LogP contribution in [0.15, 0.2) is 36.0 Å². The van der Waals surface area contributed by atoms with E-state index in [9.17, 15) is 14.4 Å². The Morgan fingerprint density at radius 3 is 2.42 bits per heavy atom. The molecule has 2 rings (SSSR count). The van der Waals surface area contributed by atoms with E-state index in [1.165, 1.54) is 13.8 Å². The van der Waals surface area contributed by atoms with Gasteiger partial charge in [0.1, 0.15) is 0 Å². The summed E-state index contributed by atoms with van der Waals surface area (Å²) in [6.45, 7) is 2.74. The maximum absolute atomic E-state index is 12.2. The lowest BCUT2D eigenvalue weighted by Gasteiger charge is -2.24. The Kier molecular flexibility index (Phi) is 3.46. The van der Waals surface area contributed by atoms with Crippen molar-refractivity contribution in [2.75, 3.05) is 0 Å². The lowest BCUT2D eigenvalue weighted by Crippen LogP contribution is -2.34. The molecule has 1 aliphatic carbocycles. The second-order valence-corrected chi connectivity index (χ2v) is 4.36. The van der Waals surface area contributed by atoms with Gasteiger partial charge in [-0.1, -0.05) is 24.3 Å². The zero-order valence-electron chi connectivity index (χ0n) is 10.7. The molecule has 1 aliphatic rings. The monoisotopic (exact) mass is 258 g/mol. The molecular formula is C14H14N2O3. The molecule has 1 aromatic carbocycles. The quantitative estimate of drug-likeness (QED) is 0.833. The van der Waals surface area contributed by atoms with Crippen LogP contribution in [0.5, 0.6) is 0 Å². The number of carbonyl (C=O) groups excluding carboxylic acids is 3. The van der Waals surface area contributed by atoms with Crippen LogP contribution in [0.2, 0.25) is 0 Å². The maximum atomic E-state index is 12.2. The fourth-order valence-corrected chi connectivity index (χ4v) is 2.08. The molecule has 0 saturated carbocycles. The third kappa shape index (κ3) is 2.70. The smallest absolute Gasteiger partial charge is 0.221 e. The number of fused-ring (bicyclic) bond motifs is 1. The van der Waals surface area contributed by atoms with Gasteiger partial charge in [-0.3, -0.25) is 14.4 Å². The standard InChI is InChI=1S/C14H14N2O3/c1-8(17)15-12-7-13(16-9(2)18)14(19)11-6-4-3-5-10(11)12/h3-7,12H,1-2H3,(H,15,17)(H,16,18). The lowest BCUT2D eigenvalue weighted by molar-refractivity contribution is -0.119. The van der Waals surface area contributed by atoms with Crippen molar-refractivity contribution in [2.45, 2.75) is 19.9 Å². The number of Topliss-reactive ketones (excluding diaryl/α,β-unsaturated/α-hetero) is 1. The van der Waals surface area contributed by atoms with Crippen LogP contribution in [0.25, 0.3) is 0 Å². The van der Waals surface area contributed by atoms with Crippen molar-refractivity contribution in [2.24, 2.45) is 0 Å². The van der Waals surface area contributed by atoms with Crippen LogP contribution in [0, 0.1) is 0 Å². The summed E-state index contributed by atoms with van der Waals surface area (Å²) in [4.78, 5) is 34.5. The lowest BCUT2D eigenvalue weighted by atomic mass is 9.90. The van der Waals surface area contributed by atoms with Gasteiger partial charge in [-0.25, -0.2) is 0 Å². The number of nitrogens with one attached hydrogen (secondary N) is 2. The molecule has 0 heterocycles. The van der Waals surface area contributed by atoms with E-state index >= 15 is 0 Å². The molecule has 0 spiro atoms. The molecule has 0 aliphatic heterocycles. The number of ketones is 1. The van der Waals surface area contributed by atoms with Crippen molar-refractivity contribution in [3.63, 3.8) is 0 Å². The molecule has 1 aromatic rings. The Labute approximate surface area is 110 Å². The first-order chi connectivity index (χ1) is 8.99. The molecule has 98 valence electrons. The van der Waals surface area contributed by atoms with Gasteiger partial charge >= 0.3 is 0 Å². The fraction of sp³-hybridized carbons (Fsp3) is 0.214. The SMILES string of the molecule is CC(=O)NC1=CC(NC(C)=O)c2ccccc2C1=O. The first-order valence-corrected chi connectivity index (χ1v) is 5.89. The molecule has 0 aromatic heterocycles. The first-order valence-electron chi connectivity index (χ1n) is 5.89. The Hall–Kier alpha value is -2.43. The largest absolute Gasteiger partial charge is 0.346 e. The molecule has 2 N–H and O–H groups in total. The van der Waals surface area contributed by atoms with Gasteiger partial charge in [-0.05, 0) is 11.6 Å². The van der Waals surface area contributed by atoms with Crippen molar-refractivity contribution < 1.29 is 14.4 Å². The van der Waals surface area contributed by atoms with Gasteiger partial charge < -0.3 is 10.6 Å². The zero-order valence-corrected chi connectivity index (χ0v) is 10.7. The molecule has 1 atom stereocenters. The Balaban J connectivity index is 2.45. The second-order valence-electron chi connectivity index (χ2n) is 4.36. The number of amides is 2. The Morgan fingerprint density at radius 1 is 1.11 bits per heavy atom. The third-order valence-corrected chi connectivity index (χ3v) is 2.79. The maximum Gasteiger partial charge on any atom is 0.221 e. The van der Waals surface area contributed by atoms with Crippen molar-refractivity contribution >= 4 is 17.6 Å². The second kappa shape index (κ2) is 5.06. The minimum absolute atomic E-state index is 0.199. The third-order valence-electron chi connectivity index (χ3n) is 2.79. The average Bonchev–Trinajstić information content (AvgIpc) is 2.34. The van der Waals surface area contributed by atoms with E-state index in [4.69, 9.17) is 0 Å². The molecule has 2 amide bonds. The average molecular weight is 258 g/mol. The van der Waals surface area contributed by atoms with Gasteiger partial charge in [0.2, 0.25) is 17.6 Å². The van der Waals surface area contributed by atoms with Crippen LogP contribution in [0.3, 0.4) is 0 Å². The molecule has 0 saturated heterocycles. The predicted molar refractivity (Wildman–Crippen MR) is 69.2 cm³/mol. The molecule has 0 bridgehead atoms. The van der Waals surface area contributed by atoms with E-state index in [0.717, 1.165) is 5.56 Å². The van der Waals surface area contributed by atoms with E-state index in [2.05, 4.69) is 10.6 Å². The predicted octanol–water partition coefficient (Wildman–Crippen LogP) is 1.08. The minimum Gasteiger partial charge on any atom is -0.346 e. The van der Waals surface area contributed by atoms with Crippen molar-refractivity contribution in [3.8, 4) is 0 Å².